The van der Waals surface area contributed by atoms with Gasteiger partial charge in [-0.3, -0.25) is 9.59 Å². The number of H-pyrrole nitrogens is 1. The summed E-state index contributed by atoms with van der Waals surface area (Å²) in [5.74, 6) is -0.633. The van der Waals surface area contributed by atoms with Crippen molar-refractivity contribution in [3.05, 3.63) is 18.2 Å². The van der Waals surface area contributed by atoms with Gasteiger partial charge >= 0.3 is 0 Å². The fourth-order valence-electron chi connectivity index (χ4n) is 1.30. The number of carbonyl (C=O) groups excluding carboxylic acids is 2. The molecule has 0 fully saturated rings. The van der Waals surface area contributed by atoms with Crippen LogP contribution in [0.1, 0.15) is 12.6 Å². The highest BCUT2D eigenvalue weighted by Crippen LogP contribution is 1.99. The van der Waals surface area contributed by atoms with Gasteiger partial charge in [0.2, 0.25) is 11.8 Å². The van der Waals surface area contributed by atoms with E-state index in [2.05, 4.69) is 20.6 Å². The molecule has 1 aromatic heterocycles. The second kappa shape index (κ2) is 6.00. The van der Waals surface area contributed by atoms with E-state index >= 15 is 0 Å². The van der Waals surface area contributed by atoms with Crippen LogP contribution in [0.15, 0.2) is 12.5 Å². The fraction of sp³-hybridized carbons (Fsp3) is 0.500. The van der Waals surface area contributed by atoms with Gasteiger partial charge < -0.3 is 21.4 Å². The maximum absolute atomic E-state index is 11.6. The molecule has 0 bridgehead atoms. The van der Waals surface area contributed by atoms with Crippen LogP contribution in [-0.4, -0.2) is 40.9 Å². The van der Waals surface area contributed by atoms with Crippen molar-refractivity contribution in [3.8, 4) is 0 Å². The second-order valence-corrected chi connectivity index (χ2v) is 3.75. The first-order valence-corrected chi connectivity index (χ1v) is 5.29. The first-order chi connectivity index (χ1) is 8.04. The highest BCUT2D eigenvalue weighted by Gasteiger charge is 2.21. The van der Waals surface area contributed by atoms with Crippen molar-refractivity contribution in [1.82, 2.24) is 20.6 Å². The Balaban J connectivity index is 2.67. The average Bonchev–Trinajstić information content (AvgIpc) is 2.79. The lowest BCUT2D eigenvalue weighted by molar-refractivity contribution is -0.129. The van der Waals surface area contributed by atoms with Crippen LogP contribution < -0.4 is 16.4 Å². The van der Waals surface area contributed by atoms with Crippen molar-refractivity contribution in [2.75, 3.05) is 7.05 Å². The van der Waals surface area contributed by atoms with Gasteiger partial charge in [0.25, 0.3) is 0 Å². The minimum absolute atomic E-state index is 0.270. The Hall–Kier alpha value is -1.89. The third-order valence-corrected chi connectivity index (χ3v) is 2.27. The molecular weight excluding hydrogens is 222 g/mol. The number of rotatable bonds is 5. The molecule has 7 nitrogen and oxygen atoms in total. The Morgan fingerprint density at radius 3 is 2.71 bits per heavy atom. The Labute approximate surface area is 99.2 Å². The van der Waals surface area contributed by atoms with E-state index in [0.717, 1.165) is 5.69 Å². The van der Waals surface area contributed by atoms with Gasteiger partial charge in [-0.25, -0.2) is 4.98 Å². The third kappa shape index (κ3) is 3.87. The molecule has 0 aliphatic heterocycles. The summed E-state index contributed by atoms with van der Waals surface area (Å²) < 4.78 is 0. The smallest absolute Gasteiger partial charge is 0.242 e. The summed E-state index contributed by atoms with van der Waals surface area (Å²) in [6, 6.07) is -1.30. The van der Waals surface area contributed by atoms with Crippen LogP contribution in [0.5, 0.6) is 0 Å². The van der Waals surface area contributed by atoms with Gasteiger partial charge in [-0.15, -0.1) is 0 Å². The molecule has 0 aromatic carbocycles. The van der Waals surface area contributed by atoms with Crippen molar-refractivity contribution in [2.45, 2.75) is 25.4 Å². The molecule has 0 saturated heterocycles. The summed E-state index contributed by atoms with van der Waals surface area (Å²) in [7, 11) is 1.51. The quantitative estimate of drug-likeness (QED) is 0.502. The van der Waals surface area contributed by atoms with Crippen molar-refractivity contribution >= 4 is 11.8 Å². The van der Waals surface area contributed by atoms with Gasteiger partial charge in [0.05, 0.1) is 12.4 Å². The molecule has 0 saturated carbocycles. The van der Waals surface area contributed by atoms with Crippen LogP contribution in [-0.2, 0) is 16.0 Å². The molecule has 5 N–H and O–H groups in total. The highest BCUT2D eigenvalue weighted by molar-refractivity contribution is 5.89. The van der Waals surface area contributed by atoms with Crippen LogP contribution >= 0.6 is 0 Å². The van der Waals surface area contributed by atoms with Gasteiger partial charge in [-0.05, 0) is 6.92 Å². The second-order valence-electron chi connectivity index (χ2n) is 3.75. The average molecular weight is 239 g/mol. The number of hydrogen-bond acceptors (Lipinski definition) is 4. The number of hydrogen-bond donors (Lipinski definition) is 4. The van der Waals surface area contributed by atoms with E-state index in [1.54, 1.807) is 13.1 Å². The molecule has 0 spiro atoms. The normalized spacial score (nSPS) is 13.8. The molecule has 7 heteroatoms. The number of nitrogens with zero attached hydrogens (tertiary/aromatic N) is 1. The monoisotopic (exact) mass is 239 g/mol. The molecule has 2 amide bonds. The van der Waals surface area contributed by atoms with Gasteiger partial charge in [-0.1, -0.05) is 0 Å². The zero-order valence-corrected chi connectivity index (χ0v) is 9.86. The lowest BCUT2D eigenvalue weighted by Crippen LogP contribution is -2.51. The molecule has 0 aliphatic rings. The van der Waals surface area contributed by atoms with E-state index in [1.165, 1.54) is 13.4 Å². The summed E-state index contributed by atoms with van der Waals surface area (Å²) >= 11 is 0. The molecule has 94 valence electrons. The van der Waals surface area contributed by atoms with Crippen molar-refractivity contribution in [2.24, 2.45) is 5.73 Å². The first-order valence-electron chi connectivity index (χ1n) is 5.29. The van der Waals surface area contributed by atoms with E-state index in [-0.39, 0.29) is 11.8 Å². The van der Waals surface area contributed by atoms with E-state index < -0.39 is 12.1 Å². The van der Waals surface area contributed by atoms with E-state index in [0.29, 0.717) is 6.42 Å². The lowest BCUT2D eigenvalue weighted by atomic mass is 10.1. The molecule has 1 aromatic rings. The largest absolute Gasteiger partial charge is 0.357 e. The van der Waals surface area contributed by atoms with Crippen molar-refractivity contribution in [1.29, 1.82) is 0 Å². The molecule has 2 atom stereocenters. The maximum atomic E-state index is 11.6. The highest BCUT2D eigenvalue weighted by atomic mass is 16.2. The number of nitrogens with two attached hydrogens (primary N) is 1. The molecule has 1 heterocycles. The van der Waals surface area contributed by atoms with Gasteiger partial charge in [0.15, 0.2) is 0 Å². The summed E-state index contributed by atoms with van der Waals surface area (Å²) in [6.07, 6.45) is 3.47. The van der Waals surface area contributed by atoms with Gasteiger partial charge in [0, 0.05) is 25.4 Å². The molecule has 1 rings (SSSR count). The third-order valence-electron chi connectivity index (χ3n) is 2.27. The van der Waals surface area contributed by atoms with Gasteiger partial charge in [0.1, 0.15) is 6.04 Å². The summed E-state index contributed by atoms with van der Waals surface area (Å²) in [5, 5.41) is 5.07. The standard InChI is InChI=1S/C10H17N5O2/c1-6(11)9(16)15-8(10(17)12-2)3-7-4-13-5-14-7/h4-6,8H,3,11H2,1-2H3,(H,12,17)(H,13,14)(H,15,16). The topological polar surface area (TPSA) is 113 Å². The van der Waals surface area contributed by atoms with Crippen LogP contribution in [0.4, 0.5) is 0 Å². The Kier molecular flexibility index (Phi) is 4.65. The number of likely N-dealkylation sites (N-methyl/N-ethyl adjacent to an activating group) is 1. The van der Waals surface area contributed by atoms with Crippen LogP contribution in [0.2, 0.25) is 0 Å². The Morgan fingerprint density at radius 1 is 1.53 bits per heavy atom. The zero-order chi connectivity index (χ0) is 12.8. The number of carbonyl (C=O) groups is 2. The predicted molar refractivity (Wildman–Crippen MR) is 61.9 cm³/mol. The van der Waals surface area contributed by atoms with Crippen LogP contribution in [0, 0.1) is 0 Å². The van der Waals surface area contributed by atoms with E-state index in [9.17, 15) is 9.59 Å². The molecule has 0 aliphatic carbocycles. The fourth-order valence-corrected chi connectivity index (χ4v) is 1.30. The van der Waals surface area contributed by atoms with Gasteiger partial charge in [-0.2, -0.15) is 0 Å². The Bertz CT molecular complexity index is 374. The van der Waals surface area contributed by atoms with Crippen LogP contribution in [0.3, 0.4) is 0 Å². The maximum Gasteiger partial charge on any atom is 0.242 e. The predicted octanol–water partition coefficient (Wildman–Crippen LogP) is -1.47. The number of aromatic amines is 1. The SMILES string of the molecule is CNC(=O)C(Cc1cnc[nH]1)NC(=O)C(C)N. The van der Waals surface area contributed by atoms with Crippen molar-refractivity contribution in [3.63, 3.8) is 0 Å². The summed E-state index contributed by atoms with van der Waals surface area (Å²) in [6.45, 7) is 1.56. The molecule has 2 unspecified atom stereocenters. The number of imidazole rings is 1. The van der Waals surface area contributed by atoms with E-state index in [1.807, 2.05) is 0 Å². The minimum Gasteiger partial charge on any atom is -0.357 e. The molecular formula is C10H17N5O2. The first kappa shape index (κ1) is 13.2. The van der Waals surface area contributed by atoms with E-state index in [4.69, 9.17) is 5.73 Å². The van der Waals surface area contributed by atoms with Crippen LogP contribution in [0.25, 0.3) is 0 Å². The summed E-state index contributed by atoms with van der Waals surface area (Å²) in [4.78, 5) is 29.8. The molecule has 17 heavy (non-hydrogen) atoms. The van der Waals surface area contributed by atoms with Crippen molar-refractivity contribution < 1.29 is 9.59 Å². The zero-order valence-electron chi connectivity index (χ0n) is 9.86. The number of amides is 2. The molecule has 0 radical (unpaired) electrons. The minimum atomic E-state index is -0.654. The lowest BCUT2D eigenvalue weighted by Gasteiger charge is -2.17. The Morgan fingerprint density at radius 2 is 2.24 bits per heavy atom. The summed E-state index contributed by atoms with van der Waals surface area (Å²) in [5.41, 5.74) is 6.20. The number of aromatic nitrogens is 2. The number of nitrogens with one attached hydrogen (secondary N) is 3.